The van der Waals surface area contributed by atoms with E-state index in [0.717, 1.165) is 38.0 Å². The summed E-state index contributed by atoms with van der Waals surface area (Å²) in [5.41, 5.74) is 0. The third-order valence-electron chi connectivity index (χ3n) is 4.59. The monoisotopic (exact) mass is 304 g/mol. The highest BCUT2D eigenvalue weighted by Crippen LogP contribution is 2.48. The number of carbonyl (C=O) groups excluding carboxylic acids is 2. The number of carbonyl (C=O) groups is 2. The number of amides is 2. The van der Waals surface area contributed by atoms with Gasteiger partial charge in [0.05, 0.1) is 6.26 Å². The van der Waals surface area contributed by atoms with Gasteiger partial charge in [0.15, 0.2) is 0 Å². The van der Waals surface area contributed by atoms with Crippen molar-refractivity contribution in [1.82, 2.24) is 10.2 Å². The average Bonchev–Trinajstić information content (AvgIpc) is 3.12. The molecule has 1 aliphatic heterocycles. The molecule has 3 atom stereocenters. The zero-order chi connectivity index (χ0) is 15.5. The molecule has 1 saturated heterocycles. The Morgan fingerprint density at radius 2 is 2.32 bits per heavy atom. The standard InChI is InChI=1S/C17H24N2O3/c1-2-5-16(20)18-12-6-3-8-19(11-12)17(21)14-10-13(14)15-7-4-9-22-15/h4,7,9,12-14H,2-3,5-6,8,10-11H2,1H3,(H,18,20)/t12-,13+,14+/m1/s1. The molecular weight excluding hydrogens is 280 g/mol. The molecule has 1 aromatic rings. The quantitative estimate of drug-likeness (QED) is 0.908. The Bertz CT molecular complexity index is 526. The number of likely N-dealkylation sites (tertiary alicyclic amines) is 1. The smallest absolute Gasteiger partial charge is 0.226 e. The Morgan fingerprint density at radius 1 is 1.45 bits per heavy atom. The molecule has 2 fully saturated rings. The first-order chi connectivity index (χ1) is 10.7. The largest absolute Gasteiger partial charge is 0.469 e. The number of nitrogens with zero attached hydrogens (tertiary/aromatic N) is 1. The summed E-state index contributed by atoms with van der Waals surface area (Å²) in [6, 6.07) is 3.93. The van der Waals surface area contributed by atoms with Crippen molar-refractivity contribution in [3.05, 3.63) is 24.2 Å². The molecule has 0 aromatic carbocycles. The average molecular weight is 304 g/mol. The van der Waals surface area contributed by atoms with Crippen molar-refractivity contribution in [1.29, 1.82) is 0 Å². The highest BCUT2D eigenvalue weighted by Gasteiger charge is 2.48. The topological polar surface area (TPSA) is 62.6 Å². The molecule has 2 heterocycles. The summed E-state index contributed by atoms with van der Waals surface area (Å²) in [7, 11) is 0. The minimum absolute atomic E-state index is 0.0660. The third kappa shape index (κ3) is 3.34. The molecule has 1 aliphatic carbocycles. The van der Waals surface area contributed by atoms with Gasteiger partial charge in [0.2, 0.25) is 11.8 Å². The number of piperidine rings is 1. The minimum Gasteiger partial charge on any atom is -0.469 e. The van der Waals surface area contributed by atoms with Gasteiger partial charge in [-0.05, 0) is 37.8 Å². The van der Waals surface area contributed by atoms with Gasteiger partial charge >= 0.3 is 0 Å². The molecule has 22 heavy (non-hydrogen) atoms. The molecule has 0 bridgehead atoms. The highest BCUT2D eigenvalue weighted by molar-refractivity contribution is 5.83. The van der Waals surface area contributed by atoms with E-state index in [2.05, 4.69) is 5.32 Å². The Kier molecular flexibility index (Phi) is 4.50. The molecule has 1 saturated carbocycles. The summed E-state index contributed by atoms with van der Waals surface area (Å²) < 4.78 is 5.40. The first-order valence-electron chi connectivity index (χ1n) is 8.30. The molecule has 5 heteroatoms. The van der Waals surface area contributed by atoms with E-state index in [1.165, 1.54) is 0 Å². The van der Waals surface area contributed by atoms with Gasteiger partial charge in [0.25, 0.3) is 0 Å². The normalized spacial score (nSPS) is 27.5. The van der Waals surface area contributed by atoms with Crippen LogP contribution in [0.5, 0.6) is 0 Å². The molecule has 1 aromatic heterocycles. The Hall–Kier alpha value is -1.78. The zero-order valence-corrected chi connectivity index (χ0v) is 13.1. The summed E-state index contributed by atoms with van der Waals surface area (Å²) in [5, 5.41) is 3.05. The van der Waals surface area contributed by atoms with Gasteiger partial charge in [0, 0.05) is 37.4 Å². The van der Waals surface area contributed by atoms with E-state index in [1.807, 2.05) is 24.0 Å². The molecule has 0 unspecified atom stereocenters. The Balaban J connectivity index is 1.52. The van der Waals surface area contributed by atoms with E-state index in [9.17, 15) is 9.59 Å². The van der Waals surface area contributed by atoms with Crippen LogP contribution in [0.2, 0.25) is 0 Å². The van der Waals surface area contributed by atoms with Crippen LogP contribution < -0.4 is 5.32 Å². The fraction of sp³-hybridized carbons (Fsp3) is 0.647. The van der Waals surface area contributed by atoms with Crippen LogP contribution in [0.4, 0.5) is 0 Å². The first kappa shape index (κ1) is 15.1. The predicted octanol–water partition coefficient (Wildman–Crippen LogP) is 2.29. The second-order valence-electron chi connectivity index (χ2n) is 6.41. The summed E-state index contributed by atoms with van der Waals surface area (Å²) in [6.45, 7) is 3.45. The maximum Gasteiger partial charge on any atom is 0.226 e. The molecule has 0 radical (unpaired) electrons. The van der Waals surface area contributed by atoms with Crippen LogP contribution in [0.15, 0.2) is 22.8 Å². The van der Waals surface area contributed by atoms with E-state index < -0.39 is 0 Å². The molecule has 2 aliphatic rings. The summed E-state index contributed by atoms with van der Waals surface area (Å²) in [6.07, 6.45) is 5.89. The van der Waals surface area contributed by atoms with Gasteiger partial charge in [-0.2, -0.15) is 0 Å². The van der Waals surface area contributed by atoms with Crippen LogP contribution >= 0.6 is 0 Å². The van der Waals surface area contributed by atoms with E-state index in [1.54, 1.807) is 6.26 Å². The van der Waals surface area contributed by atoms with Crippen molar-refractivity contribution < 1.29 is 14.0 Å². The van der Waals surface area contributed by atoms with Crippen LogP contribution in [-0.4, -0.2) is 35.8 Å². The van der Waals surface area contributed by atoms with Crippen LogP contribution in [0, 0.1) is 5.92 Å². The summed E-state index contributed by atoms with van der Waals surface area (Å²) in [4.78, 5) is 26.2. The van der Waals surface area contributed by atoms with Crippen LogP contribution in [0.3, 0.4) is 0 Å². The third-order valence-corrected chi connectivity index (χ3v) is 4.59. The SMILES string of the molecule is CCCC(=O)N[C@@H]1CCCN(C(=O)[C@H]2C[C@@H]2c2ccco2)C1. The maximum absolute atomic E-state index is 12.6. The van der Waals surface area contributed by atoms with Gasteiger partial charge < -0.3 is 14.6 Å². The van der Waals surface area contributed by atoms with Crippen LogP contribution in [-0.2, 0) is 9.59 Å². The van der Waals surface area contributed by atoms with Gasteiger partial charge in [-0.1, -0.05) is 6.92 Å². The summed E-state index contributed by atoms with van der Waals surface area (Å²) >= 11 is 0. The second kappa shape index (κ2) is 6.55. The molecule has 5 nitrogen and oxygen atoms in total. The molecule has 3 rings (SSSR count). The minimum atomic E-state index is 0.0660. The molecule has 120 valence electrons. The van der Waals surface area contributed by atoms with E-state index in [4.69, 9.17) is 4.42 Å². The Morgan fingerprint density at radius 3 is 3.05 bits per heavy atom. The molecule has 2 amide bonds. The fourth-order valence-electron chi connectivity index (χ4n) is 3.34. The van der Waals surface area contributed by atoms with E-state index in [0.29, 0.717) is 13.0 Å². The van der Waals surface area contributed by atoms with Crippen LogP contribution in [0.1, 0.15) is 50.7 Å². The second-order valence-corrected chi connectivity index (χ2v) is 6.41. The number of hydrogen-bond acceptors (Lipinski definition) is 3. The van der Waals surface area contributed by atoms with Gasteiger partial charge in [0.1, 0.15) is 5.76 Å². The van der Waals surface area contributed by atoms with Crippen molar-refractivity contribution >= 4 is 11.8 Å². The number of hydrogen-bond donors (Lipinski definition) is 1. The van der Waals surface area contributed by atoms with Crippen molar-refractivity contribution in [3.8, 4) is 0 Å². The van der Waals surface area contributed by atoms with E-state index >= 15 is 0 Å². The van der Waals surface area contributed by atoms with Crippen molar-refractivity contribution in [2.24, 2.45) is 5.92 Å². The predicted molar refractivity (Wildman–Crippen MR) is 82.2 cm³/mol. The summed E-state index contributed by atoms with van der Waals surface area (Å²) in [5.74, 6) is 1.55. The lowest BCUT2D eigenvalue weighted by Gasteiger charge is -2.33. The highest BCUT2D eigenvalue weighted by atomic mass is 16.3. The van der Waals surface area contributed by atoms with Gasteiger partial charge in [-0.25, -0.2) is 0 Å². The molecular formula is C17H24N2O3. The lowest BCUT2D eigenvalue weighted by atomic mass is 10.0. The first-order valence-corrected chi connectivity index (χ1v) is 8.30. The van der Waals surface area contributed by atoms with Crippen molar-refractivity contribution in [2.45, 2.75) is 51.0 Å². The zero-order valence-electron chi connectivity index (χ0n) is 13.1. The lowest BCUT2D eigenvalue weighted by molar-refractivity contribution is -0.135. The molecule has 1 N–H and O–H groups in total. The van der Waals surface area contributed by atoms with Crippen LogP contribution in [0.25, 0.3) is 0 Å². The van der Waals surface area contributed by atoms with E-state index in [-0.39, 0.29) is 29.7 Å². The Labute approximate surface area is 131 Å². The molecule has 0 spiro atoms. The maximum atomic E-state index is 12.6. The lowest BCUT2D eigenvalue weighted by Crippen LogP contribution is -2.50. The number of furan rings is 1. The number of rotatable bonds is 5. The van der Waals surface area contributed by atoms with Crippen molar-refractivity contribution in [2.75, 3.05) is 13.1 Å². The van der Waals surface area contributed by atoms with Crippen molar-refractivity contribution in [3.63, 3.8) is 0 Å². The van der Waals surface area contributed by atoms with Gasteiger partial charge in [-0.15, -0.1) is 0 Å². The number of nitrogens with one attached hydrogen (secondary N) is 1. The van der Waals surface area contributed by atoms with Gasteiger partial charge in [-0.3, -0.25) is 9.59 Å². The fourth-order valence-corrected chi connectivity index (χ4v) is 3.34.